The zero-order valence-electron chi connectivity index (χ0n) is 9.50. The van der Waals surface area contributed by atoms with Crippen LogP contribution in [0.1, 0.15) is 19.4 Å². The van der Waals surface area contributed by atoms with Crippen molar-refractivity contribution in [3.8, 4) is 0 Å². The van der Waals surface area contributed by atoms with Crippen molar-refractivity contribution in [3.05, 3.63) is 35.9 Å². The Balaban J connectivity index is 2.62. The Labute approximate surface area is 95.9 Å². The van der Waals surface area contributed by atoms with Gasteiger partial charge in [-0.3, -0.25) is 9.88 Å². The van der Waals surface area contributed by atoms with Crippen LogP contribution in [0.15, 0.2) is 30.3 Å². The molecule has 0 saturated carbocycles. The minimum Gasteiger partial charge on any atom is -0.323 e. The van der Waals surface area contributed by atoms with Gasteiger partial charge >= 0.3 is 7.60 Å². The first-order chi connectivity index (χ1) is 7.41. The number of hydrogen-bond donors (Lipinski definition) is 3. The summed E-state index contributed by atoms with van der Waals surface area (Å²) in [7, 11) is -4.08. The molecule has 0 spiro atoms. The first-order valence-corrected chi connectivity index (χ1v) is 6.92. The fourth-order valence-corrected chi connectivity index (χ4v) is 2.67. The van der Waals surface area contributed by atoms with Gasteiger partial charge in [-0.25, -0.2) is 0 Å². The fourth-order valence-electron chi connectivity index (χ4n) is 1.56. The monoisotopic (exact) mass is 243 g/mol. The van der Waals surface area contributed by atoms with E-state index in [1.54, 1.807) is 13.8 Å². The van der Waals surface area contributed by atoms with Crippen molar-refractivity contribution in [2.75, 3.05) is 0 Å². The van der Waals surface area contributed by atoms with E-state index in [0.717, 1.165) is 5.56 Å². The van der Waals surface area contributed by atoms with Crippen LogP contribution >= 0.6 is 7.60 Å². The Morgan fingerprint density at radius 1 is 1.25 bits per heavy atom. The molecule has 1 rings (SSSR count). The van der Waals surface area contributed by atoms with Gasteiger partial charge in [0, 0.05) is 6.54 Å². The van der Waals surface area contributed by atoms with E-state index in [4.69, 9.17) is 0 Å². The minimum atomic E-state index is -4.08. The molecule has 1 aromatic carbocycles. The summed E-state index contributed by atoms with van der Waals surface area (Å²) in [6.07, 6.45) is 0. The highest BCUT2D eigenvalue weighted by Gasteiger charge is 2.30. The Morgan fingerprint density at radius 3 is 2.25 bits per heavy atom. The van der Waals surface area contributed by atoms with Gasteiger partial charge in [0.15, 0.2) is 0 Å². The maximum atomic E-state index is 11.2. The van der Waals surface area contributed by atoms with Crippen LogP contribution in [0, 0.1) is 5.92 Å². The van der Waals surface area contributed by atoms with E-state index >= 15 is 0 Å². The molecular formula is C11H18NO3P. The lowest BCUT2D eigenvalue weighted by Crippen LogP contribution is -2.33. The van der Waals surface area contributed by atoms with E-state index in [1.165, 1.54) is 0 Å². The van der Waals surface area contributed by atoms with Crippen LogP contribution in [-0.4, -0.2) is 15.6 Å². The zero-order valence-corrected chi connectivity index (χ0v) is 10.4. The second kappa shape index (κ2) is 5.60. The molecule has 0 aliphatic rings. The molecule has 1 atom stereocenters. The largest absolute Gasteiger partial charge is 0.342 e. The zero-order chi connectivity index (χ0) is 12.2. The predicted octanol–water partition coefficient (Wildman–Crippen LogP) is 1.94. The van der Waals surface area contributed by atoms with E-state index in [9.17, 15) is 14.4 Å². The topological polar surface area (TPSA) is 69.6 Å². The van der Waals surface area contributed by atoms with Crippen LogP contribution in [0.2, 0.25) is 0 Å². The summed E-state index contributed by atoms with van der Waals surface area (Å²) in [6, 6.07) is 9.55. The summed E-state index contributed by atoms with van der Waals surface area (Å²) < 4.78 is 11.2. The third-order valence-electron chi connectivity index (χ3n) is 2.35. The third-order valence-corrected chi connectivity index (χ3v) is 3.86. The summed E-state index contributed by atoms with van der Waals surface area (Å²) in [5, 5.41) is 2.91. The highest BCUT2D eigenvalue weighted by atomic mass is 31.2. The second-order valence-corrected chi connectivity index (χ2v) is 5.88. The quantitative estimate of drug-likeness (QED) is 0.691. The van der Waals surface area contributed by atoms with Crippen molar-refractivity contribution in [2.45, 2.75) is 26.2 Å². The average molecular weight is 243 g/mol. The van der Waals surface area contributed by atoms with Crippen LogP contribution in [0.5, 0.6) is 0 Å². The van der Waals surface area contributed by atoms with Gasteiger partial charge in [-0.05, 0) is 11.5 Å². The maximum Gasteiger partial charge on any atom is 0.342 e. The first kappa shape index (κ1) is 13.4. The SMILES string of the molecule is CC(C)C(NCc1ccccc1)P(=O)(O)O. The molecule has 3 N–H and O–H groups in total. The summed E-state index contributed by atoms with van der Waals surface area (Å²) in [6.45, 7) is 4.05. The van der Waals surface area contributed by atoms with Crippen molar-refractivity contribution in [1.29, 1.82) is 0 Å². The molecule has 4 nitrogen and oxygen atoms in total. The van der Waals surface area contributed by atoms with Crippen molar-refractivity contribution in [1.82, 2.24) is 5.32 Å². The number of hydrogen-bond acceptors (Lipinski definition) is 2. The predicted molar refractivity (Wildman–Crippen MR) is 64.0 cm³/mol. The number of benzene rings is 1. The van der Waals surface area contributed by atoms with Crippen molar-refractivity contribution < 1.29 is 14.4 Å². The van der Waals surface area contributed by atoms with Gasteiger partial charge < -0.3 is 9.79 Å². The molecule has 0 radical (unpaired) electrons. The third kappa shape index (κ3) is 4.06. The fraction of sp³-hybridized carbons (Fsp3) is 0.455. The molecule has 0 saturated heterocycles. The summed E-state index contributed by atoms with van der Waals surface area (Å²) in [5.41, 5.74) is 1.02. The summed E-state index contributed by atoms with van der Waals surface area (Å²) in [4.78, 5) is 18.3. The minimum absolute atomic E-state index is 0.107. The van der Waals surface area contributed by atoms with Gasteiger partial charge in [0.2, 0.25) is 0 Å². The normalized spacial score (nSPS) is 14.1. The molecule has 0 aliphatic carbocycles. The molecule has 90 valence electrons. The molecule has 1 unspecified atom stereocenters. The number of nitrogens with one attached hydrogen (secondary N) is 1. The average Bonchev–Trinajstić information content (AvgIpc) is 2.17. The Bertz CT molecular complexity index is 361. The summed E-state index contributed by atoms with van der Waals surface area (Å²) in [5.74, 6) is -0.891. The molecule has 0 fully saturated rings. The van der Waals surface area contributed by atoms with Crippen molar-refractivity contribution in [3.63, 3.8) is 0 Å². The van der Waals surface area contributed by atoms with Gasteiger partial charge in [-0.2, -0.15) is 0 Å². The van der Waals surface area contributed by atoms with E-state index in [1.807, 2.05) is 30.3 Å². The molecule has 0 bridgehead atoms. The molecule has 1 aromatic rings. The van der Waals surface area contributed by atoms with E-state index in [0.29, 0.717) is 6.54 Å². The number of rotatable bonds is 5. The maximum absolute atomic E-state index is 11.2. The lowest BCUT2D eigenvalue weighted by molar-refractivity contribution is 0.323. The molecule has 0 aliphatic heterocycles. The molecule has 0 amide bonds. The van der Waals surface area contributed by atoms with Crippen LogP contribution in [0.4, 0.5) is 0 Å². The highest BCUT2D eigenvalue weighted by Crippen LogP contribution is 2.43. The Hall–Kier alpha value is -0.670. The molecule has 0 heterocycles. The second-order valence-electron chi connectivity index (χ2n) is 4.14. The molecule has 0 aromatic heterocycles. The Kier molecular flexibility index (Phi) is 4.69. The molecular weight excluding hydrogens is 225 g/mol. The summed E-state index contributed by atoms with van der Waals surface area (Å²) >= 11 is 0. The molecule has 5 heteroatoms. The van der Waals surface area contributed by atoms with Gasteiger partial charge in [-0.15, -0.1) is 0 Å². The van der Waals surface area contributed by atoms with Gasteiger partial charge in [0.1, 0.15) is 5.78 Å². The van der Waals surface area contributed by atoms with Crippen LogP contribution < -0.4 is 5.32 Å². The van der Waals surface area contributed by atoms with Crippen LogP contribution in [0.25, 0.3) is 0 Å². The van der Waals surface area contributed by atoms with E-state index in [-0.39, 0.29) is 5.92 Å². The first-order valence-electron chi connectivity index (χ1n) is 5.24. The van der Waals surface area contributed by atoms with Gasteiger partial charge in [-0.1, -0.05) is 44.2 Å². The van der Waals surface area contributed by atoms with Crippen LogP contribution in [-0.2, 0) is 11.1 Å². The molecule has 16 heavy (non-hydrogen) atoms. The van der Waals surface area contributed by atoms with E-state index in [2.05, 4.69) is 5.32 Å². The van der Waals surface area contributed by atoms with Gasteiger partial charge in [0.05, 0.1) is 0 Å². The lowest BCUT2D eigenvalue weighted by Gasteiger charge is -2.23. The standard InChI is InChI=1S/C11H18NO3P/c1-9(2)11(16(13,14)15)12-8-10-6-4-3-5-7-10/h3-7,9,11-12H,8H2,1-2H3,(H2,13,14,15). The van der Waals surface area contributed by atoms with Crippen LogP contribution in [0.3, 0.4) is 0 Å². The Morgan fingerprint density at radius 2 is 1.81 bits per heavy atom. The smallest absolute Gasteiger partial charge is 0.323 e. The van der Waals surface area contributed by atoms with E-state index < -0.39 is 13.4 Å². The highest BCUT2D eigenvalue weighted by molar-refractivity contribution is 7.52. The lowest BCUT2D eigenvalue weighted by atomic mass is 10.2. The van der Waals surface area contributed by atoms with Crippen molar-refractivity contribution >= 4 is 7.60 Å². The van der Waals surface area contributed by atoms with Crippen molar-refractivity contribution in [2.24, 2.45) is 5.92 Å². The van der Waals surface area contributed by atoms with Gasteiger partial charge in [0.25, 0.3) is 0 Å².